The lowest BCUT2D eigenvalue weighted by molar-refractivity contribution is 0.106. The summed E-state index contributed by atoms with van der Waals surface area (Å²) in [4.78, 5) is 0. The fourth-order valence-electron chi connectivity index (χ4n) is 0.872. The number of nitrogens with zero attached hydrogens (tertiary/aromatic N) is 1. The van der Waals surface area contributed by atoms with Gasteiger partial charge in [0.1, 0.15) is 0 Å². The third-order valence-corrected chi connectivity index (χ3v) is 1.36. The number of hydrazine groups is 1. The average molecular weight is 162 g/mol. The molecular formula is C7H18N2O2. The summed E-state index contributed by atoms with van der Waals surface area (Å²) in [5.74, 6) is 5.68. The molecular weight excluding hydrogens is 144 g/mol. The number of aliphatic hydroxyl groups is 2. The zero-order valence-electron chi connectivity index (χ0n) is 7.20. The molecule has 0 amide bonds. The maximum Gasteiger partial charge on any atom is 0.0653 e. The molecule has 0 radical (unpaired) electrons. The van der Waals surface area contributed by atoms with Crippen molar-refractivity contribution in [2.24, 2.45) is 11.8 Å². The normalized spacial score (nSPS) is 16.9. The van der Waals surface area contributed by atoms with Crippen LogP contribution in [0.15, 0.2) is 0 Å². The highest BCUT2D eigenvalue weighted by molar-refractivity contribution is 4.58. The maximum absolute atomic E-state index is 8.92. The summed E-state index contributed by atoms with van der Waals surface area (Å²) >= 11 is 0. The third kappa shape index (κ3) is 6.25. The molecule has 0 rings (SSSR count). The van der Waals surface area contributed by atoms with Crippen molar-refractivity contribution in [1.29, 1.82) is 0 Å². The fourth-order valence-corrected chi connectivity index (χ4v) is 0.872. The molecule has 0 fully saturated rings. The standard InChI is InChI=1S/C7H18N2O2/c1-6(5-10)3-9(8)4-7(2)11/h6-7,10-11H,3-5,8H2,1-2H3. The molecule has 0 aromatic rings. The first-order valence-electron chi connectivity index (χ1n) is 3.84. The molecule has 4 N–H and O–H groups in total. The molecule has 0 aromatic carbocycles. The van der Waals surface area contributed by atoms with Crippen LogP contribution in [0.25, 0.3) is 0 Å². The number of nitrogens with two attached hydrogens (primary N) is 1. The van der Waals surface area contributed by atoms with E-state index >= 15 is 0 Å². The minimum atomic E-state index is -0.411. The molecule has 0 spiro atoms. The molecule has 0 aliphatic carbocycles. The summed E-state index contributed by atoms with van der Waals surface area (Å²) in [6.07, 6.45) is -0.411. The lowest BCUT2D eigenvalue weighted by atomic mass is 10.2. The maximum atomic E-state index is 8.92. The number of hydrogen-bond acceptors (Lipinski definition) is 4. The second-order valence-electron chi connectivity index (χ2n) is 3.09. The van der Waals surface area contributed by atoms with Crippen LogP contribution in [0.2, 0.25) is 0 Å². The molecule has 0 bridgehead atoms. The Balaban J connectivity index is 3.43. The van der Waals surface area contributed by atoms with Crippen molar-refractivity contribution in [1.82, 2.24) is 5.01 Å². The average Bonchev–Trinajstić information content (AvgIpc) is 1.85. The van der Waals surface area contributed by atoms with Crippen LogP contribution in [0.4, 0.5) is 0 Å². The van der Waals surface area contributed by atoms with Crippen molar-refractivity contribution in [3.05, 3.63) is 0 Å². The Morgan fingerprint density at radius 2 is 1.91 bits per heavy atom. The highest BCUT2D eigenvalue weighted by Gasteiger charge is 2.07. The van der Waals surface area contributed by atoms with Gasteiger partial charge in [0.15, 0.2) is 0 Å². The van der Waals surface area contributed by atoms with Gasteiger partial charge in [-0.2, -0.15) is 0 Å². The van der Waals surface area contributed by atoms with Gasteiger partial charge in [-0.3, -0.25) is 5.84 Å². The van der Waals surface area contributed by atoms with Gasteiger partial charge in [0.05, 0.1) is 6.10 Å². The van der Waals surface area contributed by atoms with Crippen molar-refractivity contribution < 1.29 is 10.2 Å². The van der Waals surface area contributed by atoms with E-state index in [0.29, 0.717) is 13.1 Å². The zero-order chi connectivity index (χ0) is 8.85. The van der Waals surface area contributed by atoms with Crippen molar-refractivity contribution in [2.45, 2.75) is 20.0 Å². The van der Waals surface area contributed by atoms with Gasteiger partial charge in [-0.1, -0.05) is 6.92 Å². The lowest BCUT2D eigenvalue weighted by Gasteiger charge is -2.20. The van der Waals surface area contributed by atoms with Crippen molar-refractivity contribution >= 4 is 0 Å². The molecule has 4 heteroatoms. The molecule has 0 heterocycles. The summed E-state index contributed by atoms with van der Waals surface area (Å²) in [5, 5.41) is 19.1. The number of aliphatic hydroxyl groups excluding tert-OH is 2. The molecule has 0 aliphatic heterocycles. The van der Waals surface area contributed by atoms with Crippen LogP contribution in [0.3, 0.4) is 0 Å². The van der Waals surface area contributed by atoms with Crippen LogP contribution < -0.4 is 5.84 Å². The van der Waals surface area contributed by atoms with E-state index in [-0.39, 0.29) is 12.5 Å². The number of rotatable bonds is 5. The van der Waals surface area contributed by atoms with E-state index in [1.165, 1.54) is 5.01 Å². The Labute approximate surface area is 67.6 Å². The summed E-state index contributed by atoms with van der Waals surface area (Å²) in [5.41, 5.74) is 0. The molecule has 0 saturated carbocycles. The highest BCUT2D eigenvalue weighted by Crippen LogP contribution is 1.95. The molecule has 4 nitrogen and oxygen atoms in total. The van der Waals surface area contributed by atoms with E-state index in [0.717, 1.165) is 0 Å². The summed E-state index contributed by atoms with van der Waals surface area (Å²) in [6, 6.07) is 0. The predicted octanol–water partition coefficient (Wildman–Crippen LogP) is -0.829. The van der Waals surface area contributed by atoms with E-state index < -0.39 is 6.10 Å². The van der Waals surface area contributed by atoms with Crippen LogP contribution in [0, 0.1) is 5.92 Å². The number of hydrogen-bond donors (Lipinski definition) is 3. The van der Waals surface area contributed by atoms with E-state index in [9.17, 15) is 0 Å². The second kappa shape index (κ2) is 5.49. The minimum absolute atomic E-state index is 0.132. The Kier molecular flexibility index (Phi) is 5.41. The first-order chi connectivity index (χ1) is 5.06. The van der Waals surface area contributed by atoms with Gasteiger partial charge in [-0.05, 0) is 12.8 Å². The minimum Gasteiger partial charge on any atom is -0.396 e. The largest absolute Gasteiger partial charge is 0.396 e. The Bertz CT molecular complexity index is 98.4. The van der Waals surface area contributed by atoms with E-state index in [1.54, 1.807) is 6.92 Å². The van der Waals surface area contributed by atoms with Crippen LogP contribution in [-0.2, 0) is 0 Å². The summed E-state index contributed by atoms with van der Waals surface area (Å²) < 4.78 is 0. The monoisotopic (exact) mass is 162 g/mol. The second-order valence-corrected chi connectivity index (χ2v) is 3.09. The predicted molar refractivity (Wildman–Crippen MR) is 43.7 cm³/mol. The van der Waals surface area contributed by atoms with Crippen LogP contribution >= 0.6 is 0 Å². The molecule has 0 saturated heterocycles. The van der Waals surface area contributed by atoms with Crippen LogP contribution in [0.5, 0.6) is 0 Å². The first-order valence-corrected chi connectivity index (χ1v) is 3.84. The van der Waals surface area contributed by atoms with E-state index in [4.69, 9.17) is 16.1 Å². The van der Waals surface area contributed by atoms with Crippen molar-refractivity contribution in [2.75, 3.05) is 19.7 Å². The molecule has 11 heavy (non-hydrogen) atoms. The molecule has 0 aliphatic rings. The van der Waals surface area contributed by atoms with Gasteiger partial charge >= 0.3 is 0 Å². The zero-order valence-corrected chi connectivity index (χ0v) is 7.20. The summed E-state index contributed by atoms with van der Waals surface area (Å²) in [7, 11) is 0. The van der Waals surface area contributed by atoms with Gasteiger partial charge < -0.3 is 10.2 Å². The van der Waals surface area contributed by atoms with Crippen LogP contribution in [0.1, 0.15) is 13.8 Å². The topological polar surface area (TPSA) is 69.7 Å². The van der Waals surface area contributed by atoms with Gasteiger partial charge in [0.25, 0.3) is 0 Å². The van der Waals surface area contributed by atoms with Gasteiger partial charge in [-0.15, -0.1) is 0 Å². The van der Waals surface area contributed by atoms with Crippen LogP contribution in [-0.4, -0.2) is 41.0 Å². The lowest BCUT2D eigenvalue weighted by Crippen LogP contribution is -2.40. The van der Waals surface area contributed by atoms with Gasteiger partial charge in [0.2, 0.25) is 0 Å². The smallest absolute Gasteiger partial charge is 0.0653 e. The highest BCUT2D eigenvalue weighted by atomic mass is 16.3. The Hall–Kier alpha value is -0.160. The van der Waals surface area contributed by atoms with Gasteiger partial charge in [-0.25, -0.2) is 5.01 Å². The van der Waals surface area contributed by atoms with E-state index in [1.807, 2.05) is 6.92 Å². The SMILES string of the molecule is CC(O)CN(N)CC(C)CO. The quantitative estimate of drug-likeness (QED) is 0.364. The Morgan fingerprint density at radius 3 is 2.27 bits per heavy atom. The molecule has 2 atom stereocenters. The van der Waals surface area contributed by atoms with E-state index in [2.05, 4.69) is 0 Å². The van der Waals surface area contributed by atoms with Crippen molar-refractivity contribution in [3.8, 4) is 0 Å². The summed E-state index contributed by atoms with van der Waals surface area (Å²) in [6.45, 7) is 4.78. The first kappa shape index (κ1) is 10.8. The molecule has 2 unspecified atom stereocenters. The fraction of sp³-hybridized carbons (Fsp3) is 1.00. The molecule has 68 valence electrons. The van der Waals surface area contributed by atoms with Crippen molar-refractivity contribution in [3.63, 3.8) is 0 Å². The third-order valence-electron chi connectivity index (χ3n) is 1.36. The Morgan fingerprint density at radius 1 is 1.36 bits per heavy atom. The molecule has 0 aromatic heterocycles. The van der Waals surface area contributed by atoms with Gasteiger partial charge in [0, 0.05) is 19.7 Å².